The number of fused-ring (bicyclic) bond motifs is 1. The van der Waals surface area contributed by atoms with Gasteiger partial charge in [0.05, 0.1) is 29.2 Å². The Kier molecular flexibility index (Phi) is 7.40. The van der Waals surface area contributed by atoms with E-state index in [9.17, 15) is 14.9 Å². The third-order valence-electron chi connectivity index (χ3n) is 5.50. The highest BCUT2D eigenvalue weighted by Gasteiger charge is 2.24. The van der Waals surface area contributed by atoms with E-state index in [-0.39, 0.29) is 29.4 Å². The van der Waals surface area contributed by atoms with Gasteiger partial charge in [0, 0.05) is 21.5 Å². The van der Waals surface area contributed by atoms with Gasteiger partial charge < -0.3 is 9.47 Å². The molecule has 0 saturated heterocycles. The van der Waals surface area contributed by atoms with Gasteiger partial charge in [-0.15, -0.1) is 0 Å². The monoisotopic (exact) mass is 564 g/mol. The average molecular weight is 565 g/mol. The molecule has 10 heteroatoms. The maximum absolute atomic E-state index is 13.4. The molecule has 4 rings (SSSR count). The molecule has 1 aromatic heterocycles. The predicted molar refractivity (Wildman–Crippen MR) is 146 cm³/mol. The van der Waals surface area contributed by atoms with Crippen molar-refractivity contribution in [3.63, 3.8) is 0 Å². The summed E-state index contributed by atoms with van der Waals surface area (Å²) in [5.41, 5.74) is 0.640. The Morgan fingerprint density at radius 1 is 1.14 bits per heavy atom. The molecule has 0 aliphatic heterocycles. The van der Waals surface area contributed by atoms with Gasteiger partial charge in [0.25, 0.3) is 5.56 Å². The molecule has 190 valence electrons. The second-order valence-electron chi connectivity index (χ2n) is 9.31. The molecular weight excluding hydrogens is 540 g/mol. The summed E-state index contributed by atoms with van der Waals surface area (Å²) in [6.45, 7) is 5.92. The largest absolute Gasteiger partial charge is 0.493 e. The fourth-order valence-corrected chi connectivity index (χ4v) is 4.07. The minimum atomic E-state index is -0.540. The van der Waals surface area contributed by atoms with Crippen LogP contribution in [0, 0.1) is 10.1 Å². The topological polar surface area (TPSA) is 109 Å². The lowest BCUT2D eigenvalue weighted by molar-refractivity contribution is -0.386. The average Bonchev–Trinajstić information content (AvgIpc) is 2.86. The van der Waals surface area contributed by atoms with Crippen LogP contribution in [0.25, 0.3) is 10.9 Å². The number of nitrogens with zero attached hydrogens (tertiary/aromatic N) is 4. The van der Waals surface area contributed by atoms with Crippen molar-refractivity contribution in [3.8, 4) is 11.5 Å². The van der Waals surface area contributed by atoms with Crippen molar-refractivity contribution in [3.05, 3.63) is 103 Å². The molecule has 0 N–H and O–H groups in total. The van der Waals surface area contributed by atoms with E-state index in [2.05, 4.69) is 26.0 Å². The van der Waals surface area contributed by atoms with Crippen LogP contribution in [0.5, 0.6) is 11.5 Å². The van der Waals surface area contributed by atoms with Gasteiger partial charge in [0.1, 0.15) is 12.4 Å². The van der Waals surface area contributed by atoms with Crippen molar-refractivity contribution >= 4 is 38.7 Å². The molecular formula is C27H25BrN4O5. The van der Waals surface area contributed by atoms with Crippen molar-refractivity contribution in [2.45, 2.75) is 32.8 Å². The first-order valence-corrected chi connectivity index (χ1v) is 12.2. The summed E-state index contributed by atoms with van der Waals surface area (Å²) in [4.78, 5) is 29.4. The molecule has 0 radical (unpaired) electrons. The Bertz CT molecular complexity index is 1560. The van der Waals surface area contributed by atoms with Crippen molar-refractivity contribution < 1.29 is 14.4 Å². The zero-order valence-corrected chi connectivity index (χ0v) is 22.4. The number of hydrogen-bond acceptors (Lipinski definition) is 7. The molecule has 3 aromatic carbocycles. The molecule has 37 heavy (non-hydrogen) atoms. The van der Waals surface area contributed by atoms with Gasteiger partial charge in [-0.2, -0.15) is 9.78 Å². The highest BCUT2D eigenvalue weighted by molar-refractivity contribution is 9.10. The molecule has 0 saturated carbocycles. The number of hydrogen-bond donors (Lipinski definition) is 0. The first kappa shape index (κ1) is 26.0. The van der Waals surface area contributed by atoms with Gasteiger partial charge in [-0.05, 0) is 29.8 Å². The number of ether oxygens (including phenoxy) is 2. The van der Waals surface area contributed by atoms with Crippen molar-refractivity contribution in [1.29, 1.82) is 0 Å². The number of benzene rings is 3. The molecule has 0 bridgehead atoms. The summed E-state index contributed by atoms with van der Waals surface area (Å²) in [5.74, 6) is 0.640. The van der Waals surface area contributed by atoms with Gasteiger partial charge in [-0.25, -0.2) is 4.98 Å². The number of aromatic nitrogens is 2. The lowest BCUT2D eigenvalue weighted by Gasteiger charge is -2.20. The molecule has 0 fully saturated rings. The van der Waals surface area contributed by atoms with Crippen LogP contribution in [-0.2, 0) is 12.0 Å². The summed E-state index contributed by atoms with van der Waals surface area (Å²) >= 11 is 3.39. The summed E-state index contributed by atoms with van der Waals surface area (Å²) in [7, 11) is 1.41. The van der Waals surface area contributed by atoms with E-state index < -0.39 is 10.3 Å². The van der Waals surface area contributed by atoms with Crippen LogP contribution in [0.4, 0.5) is 5.69 Å². The maximum Gasteiger partial charge on any atom is 0.315 e. The van der Waals surface area contributed by atoms with Crippen molar-refractivity contribution in [2.24, 2.45) is 5.10 Å². The third-order valence-corrected chi connectivity index (χ3v) is 5.99. The maximum atomic E-state index is 13.4. The molecule has 0 spiro atoms. The quantitative estimate of drug-likeness (QED) is 0.158. The van der Waals surface area contributed by atoms with E-state index in [0.717, 1.165) is 10.0 Å². The van der Waals surface area contributed by atoms with Crippen LogP contribution < -0.4 is 15.0 Å². The van der Waals surface area contributed by atoms with Crippen LogP contribution in [0.15, 0.2) is 75.0 Å². The fraction of sp³-hybridized carbons (Fsp3) is 0.222. The van der Waals surface area contributed by atoms with Crippen LogP contribution in [0.2, 0.25) is 0 Å². The Labute approximate surface area is 221 Å². The highest BCUT2D eigenvalue weighted by atomic mass is 79.9. The molecule has 4 aromatic rings. The summed E-state index contributed by atoms with van der Waals surface area (Å²) in [6, 6.07) is 17.5. The minimum Gasteiger partial charge on any atom is -0.493 e. The van der Waals surface area contributed by atoms with Gasteiger partial charge >= 0.3 is 5.69 Å². The third kappa shape index (κ3) is 5.69. The summed E-state index contributed by atoms with van der Waals surface area (Å²) in [6.07, 6.45) is 1.37. The number of halogens is 1. The first-order chi connectivity index (χ1) is 17.6. The van der Waals surface area contributed by atoms with Crippen LogP contribution >= 0.6 is 15.9 Å². The van der Waals surface area contributed by atoms with Gasteiger partial charge in [-0.1, -0.05) is 67.0 Å². The molecule has 0 amide bonds. The second kappa shape index (κ2) is 10.5. The van der Waals surface area contributed by atoms with Gasteiger partial charge in [0.2, 0.25) is 5.75 Å². The lowest BCUT2D eigenvalue weighted by atomic mass is 9.95. The Morgan fingerprint density at radius 3 is 2.51 bits per heavy atom. The Morgan fingerprint density at radius 2 is 1.86 bits per heavy atom. The Balaban J connectivity index is 1.79. The van der Waals surface area contributed by atoms with E-state index in [1.54, 1.807) is 18.2 Å². The molecule has 9 nitrogen and oxygen atoms in total. The SMILES string of the molecule is COc1cc(C=Nn2c(C(C)(C)C)nc3ccc(Br)cc3c2=O)cc([N+](=O)[O-])c1OCc1ccccc1. The normalized spacial score (nSPS) is 11.7. The first-order valence-electron chi connectivity index (χ1n) is 11.4. The van der Waals surface area contributed by atoms with E-state index >= 15 is 0 Å². The van der Waals surface area contributed by atoms with Crippen LogP contribution in [-0.4, -0.2) is 27.9 Å². The smallest absolute Gasteiger partial charge is 0.315 e. The van der Waals surface area contributed by atoms with Crippen molar-refractivity contribution in [1.82, 2.24) is 9.66 Å². The van der Waals surface area contributed by atoms with Crippen LogP contribution in [0.1, 0.15) is 37.7 Å². The molecule has 0 aliphatic rings. The molecule has 0 aliphatic carbocycles. The number of methoxy groups -OCH3 is 1. The second-order valence-corrected chi connectivity index (χ2v) is 10.2. The fourth-order valence-electron chi connectivity index (χ4n) is 3.71. The van der Waals surface area contributed by atoms with Crippen LogP contribution in [0.3, 0.4) is 0 Å². The minimum absolute atomic E-state index is 0.0123. The lowest BCUT2D eigenvalue weighted by Crippen LogP contribution is -2.29. The molecule has 0 unspecified atom stereocenters. The number of rotatable bonds is 7. The van der Waals surface area contributed by atoms with Crippen molar-refractivity contribution in [2.75, 3.05) is 7.11 Å². The number of nitro benzene ring substituents is 1. The number of nitro groups is 1. The van der Waals surface area contributed by atoms with E-state index in [4.69, 9.17) is 9.47 Å². The van der Waals surface area contributed by atoms with Gasteiger partial charge in [0.15, 0.2) is 5.75 Å². The zero-order valence-electron chi connectivity index (χ0n) is 20.8. The standard InChI is InChI=1S/C27H25BrN4O5/c1-27(2,3)26-30-21-11-10-19(28)14-20(21)25(33)31(26)29-15-18-12-22(32(34)35)24(23(13-18)36-4)37-16-17-8-6-5-7-9-17/h5-15H,16H2,1-4H3. The van der Waals surface area contributed by atoms with E-state index in [1.807, 2.05) is 57.2 Å². The molecule has 1 heterocycles. The Hall–Kier alpha value is -4.05. The molecule has 0 atom stereocenters. The highest BCUT2D eigenvalue weighted by Crippen LogP contribution is 2.38. The summed E-state index contributed by atoms with van der Waals surface area (Å²) < 4.78 is 13.2. The summed E-state index contributed by atoms with van der Waals surface area (Å²) in [5, 5.41) is 16.7. The van der Waals surface area contributed by atoms with Gasteiger partial charge in [-0.3, -0.25) is 14.9 Å². The predicted octanol–water partition coefficient (Wildman–Crippen LogP) is 5.83. The van der Waals surface area contributed by atoms with E-state index in [1.165, 1.54) is 24.1 Å². The van der Waals surface area contributed by atoms with E-state index in [0.29, 0.717) is 22.3 Å². The zero-order chi connectivity index (χ0) is 26.7.